The number of carbonyl (C=O) groups is 1. The second-order valence-corrected chi connectivity index (χ2v) is 8.75. The van der Waals surface area contributed by atoms with E-state index in [0.717, 1.165) is 29.2 Å². The summed E-state index contributed by atoms with van der Waals surface area (Å²) in [5.41, 5.74) is 5.13. The number of benzene rings is 2. The molecule has 7 heteroatoms. The molecule has 5 rings (SSSR count). The van der Waals surface area contributed by atoms with Crippen LogP contribution in [-0.2, 0) is 12.2 Å². The second kappa shape index (κ2) is 8.15. The number of ketones is 1. The van der Waals surface area contributed by atoms with Gasteiger partial charge in [0.2, 0.25) is 5.16 Å². The zero-order valence-electron chi connectivity index (χ0n) is 17.4. The van der Waals surface area contributed by atoms with E-state index in [-0.39, 0.29) is 11.7 Å². The number of ether oxygens (including phenoxy) is 1. The largest absolute Gasteiger partial charge is 0.497 e. The average molecular weight is 431 g/mol. The van der Waals surface area contributed by atoms with Crippen molar-refractivity contribution >= 4 is 23.3 Å². The Balaban J connectivity index is 1.43. The molecule has 6 nitrogen and oxygen atoms in total. The van der Waals surface area contributed by atoms with E-state index in [1.165, 1.54) is 11.1 Å². The lowest BCUT2D eigenvalue weighted by Gasteiger charge is -2.24. The van der Waals surface area contributed by atoms with E-state index in [2.05, 4.69) is 46.3 Å². The molecule has 0 N–H and O–H groups in total. The van der Waals surface area contributed by atoms with Gasteiger partial charge in [0.15, 0.2) is 5.78 Å². The molecule has 31 heavy (non-hydrogen) atoms. The van der Waals surface area contributed by atoms with Crippen LogP contribution in [0.15, 0.2) is 59.9 Å². The summed E-state index contributed by atoms with van der Waals surface area (Å²) in [7, 11) is 1.65. The molecule has 1 aliphatic rings. The fraction of sp³-hybridized carbons (Fsp3) is 0.250. The van der Waals surface area contributed by atoms with Crippen molar-refractivity contribution in [3.05, 3.63) is 82.7 Å². The minimum absolute atomic E-state index is 0.0981. The number of aryl methyl sites for hydroxylation is 1. The lowest BCUT2D eigenvalue weighted by atomic mass is 9.82. The van der Waals surface area contributed by atoms with Crippen LogP contribution in [0.5, 0.6) is 5.75 Å². The van der Waals surface area contributed by atoms with E-state index < -0.39 is 0 Å². The Morgan fingerprint density at radius 3 is 2.77 bits per heavy atom. The summed E-state index contributed by atoms with van der Waals surface area (Å²) in [5.74, 6) is 2.33. The van der Waals surface area contributed by atoms with Crippen LogP contribution >= 0.6 is 11.8 Å². The summed E-state index contributed by atoms with van der Waals surface area (Å²) >= 11 is 1.58. The first-order valence-electron chi connectivity index (χ1n) is 10.2. The third-order valence-corrected chi connectivity index (χ3v) is 6.56. The van der Waals surface area contributed by atoms with Gasteiger partial charge in [0.05, 0.1) is 18.4 Å². The predicted octanol–water partition coefficient (Wildman–Crippen LogP) is 4.65. The maximum Gasteiger partial charge on any atom is 0.253 e. The highest BCUT2D eigenvalue weighted by Gasteiger charge is 2.29. The fourth-order valence-electron chi connectivity index (χ4n) is 4.05. The van der Waals surface area contributed by atoms with Gasteiger partial charge in [-0.3, -0.25) is 4.79 Å². The van der Waals surface area contributed by atoms with Crippen molar-refractivity contribution in [2.24, 2.45) is 0 Å². The first-order valence-corrected chi connectivity index (χ1v) is 11.2. The van der Waals surface area contributed by atoms with Gasteiger partial charge in [-0.1, -0.05) is 53.7 Å². The van der Waals surface area contributed by atoms with Crippen LogP contribution in [0.3, 0.4) is 0 Å². The van der Waals surface area contributed by atoms with Crippen molar-refractivity contribution in [1.82, 2.24) is 19.6 Å². The van der Waals surface area contributed by atoms with Crippen molar-refractivity contribution in [3.63, 3.8) is 0 Å². The lowest BCUT2D eigenvalue weighted by molar-refractivity contribution is 0.0962. The number of Topliss-reactive ketones (excluding diaryl/α,β-unsaturated/α-hetero) is 1. The molecule has 1 atom stereocenters. The first kappa shape index (κ1) is 19.8. The highest BCUT2D eigenvalue weighted by atomic mass is 32.2. The summed E-state index contributed by atoms with van der Waals surface area (Å²) in [6.45, 7) is 2.09. The summed E-state index contributed by atoms with van der Waals surface area (Å²) in [6, 6.07) is 16.4. The third-order valence-electron chi connectivity index (χ3n) is 5.66. The third kappa shape index (κ3) is 3.93. The van der Waals surface area contributed by atoms with Gasteiger partial charge in [-0.05, 0) is 42.5 Å². The molecule has 2 aromatic heterocycles. The van der Waals surface area contributed by atoms with Crippen LogP contribution in [0, 0.1) is 6.92 Å². The van der Waals surface area contributed by atoms with E-state index in [4.69, 9.17) is 4.74 Å². The Bertz CT molecular complexity index is 1270. The van der Waals surface area contributed by atoms with Gasteiger partial charge in [0.25, 0.3) is 5.78 Å². The van der Waals surface area contributed by atoms with Crippen LogP contribution in [0.4, 0.5) is 0 Å². The topological polar surface area (TPSA) is 69.4 Å². The van der Waals surface area contributed by atoms with Gasteiger partial charge >= 0.3 is 0 Å². The molecule has 4 aromatic rings. The lowest BCUT2D eigenvalue weighted by Crippen LogP contribution is -2.22. The fourth-order valence-corrected chi connectivity index (χ4v) is 4.81. The quantitative estimate of drug-likeness (QED) is 0.430. The molecule has 2 aromatic carbocycles. The van der Waals surface area contributed by atoms with E-state index >= 15 is 0 Å². The van der Waals surface area contributed by atoms with Gasteiger partial charge in [-0.2, -0.15) is 9.50 Å². The maximum absolute atomic E-state index is 12.9. The van der Waals surface area contributed by atoms with Crippen molar-refractivity contribution in [2.75, 3.05) is 7.11 Å². The van der Waals surface area contributed by atoms with Crippen LogP contribution < -0.4 is 4.74 Å². The number of thioether (sulfide) groups is 1. The van der Waals surface area contributed by atoms with Gasteiger partial charge in [0, 0.05) is 18.4 Å². The minimum atomic E-state index is 0.0981. The molecular weight excluding hydrogens is 408 g/mol. The summed E-state index contributed by atoms with van der Waals surface area (Å²) in [6.07, 6.45) is 2.84. The number of rotatable bonds is 5. The highest BCUT2D eigenvalue weighted by molar-refractivity contribution is 7.98. The van der Waals surface area contributed by atoms with Crippen molar-refractivity contribution in [2.45, 2.75) is 36.6 Å². The number of nitrogens with zero attached hydrogens (tertiary/aromatic N) is 4. The van der Waals surface area contributed by atoms with Crippen LogP contribution in [-0.4, -0.2) is 32.5 Å². The number of hydrogen-bond donors (Lipinski definition) is 0. The Kier molecular flexibility index (Phi) is 5.19. The summed E-state index contributed by atoms with van der Waals surface area (Å²) < 4.78 is 7.01. The zero-order chi connectivity index (χ0) is 21.4. The molecule has 2 heterocycles. The highest BCUT2D eigenvalue weighted by Crippen LogP contribution is 2.33. The SMILES string of the molecule is COc1ccc(C2CC(=O)c3cnc4nc(SCc5cccc(C)c5)nn4c3C2)cc1. The van der Waals surface area contributed by atoms with Gasteiger partial charge in [-0.15, -0.1) is 5.10 Å². The Hall–Kier alpha value is -3.19. The smallest absolute Gasteiger partial charge is 0.253 e. The van der Waals surface area contributed by atoms with Gasteiger partial charge in [0.1, 0.15) is 5.75 Å². The van der Waals surface area contributed by atoms with Crippen molar-refractivity contribution in [3.8, 4) is 5.75 Å². The molecule has 0 radical (unpaired) electrons. The number of fused-ring (bicyclic) bond motifs is 3. The Labute approximate surface area is 184 Å². The average Bonchev–Trinajstić information content (AvgIpc) is 3.21. The maximum atomic E-state index is 12.9. The second-order valence-electron chi connectivity index (χ2n) is 7.80. The van der Waals surface area contributed by atoms with Gasteiger partial charge < -0.3 is 4.74 Å². The normalized spacial score (nSPS) is 15.8. The van der Waals surface area contributed by atoms with Crippen molar-refractivity contribution < 1.29 is 9.53 Å². The molecule has 0 saturated carbocycles. The molecule has 0 saturated heterocycles. The Morgan fingerprint density at radius 1 is 1.16 bits per heavy atom. The first-order chi connectivity index (χ1) is 15.1. The number of hydrogen-bond acceptors (Lipinski definition) is 6. The summed E-state index contributed by atoms with van der Waals surface area (Å²) in [5, 5.41) is 5.36. The molecule has 0 aliphatic heterocycles. The molecule has 0 spiro atoms. The molecule has 0 fully saturated rings. The predicted molar refractivity (Wildman–Crippen MR) is 120 cm³/mol. The molecular formula is C24H22N4O2S. The molecule has 0 amide bonds. The van der Waals surface area contributed by atoms with E-state index in [1.807, 2.05) is 24.3 Å². The molecule has 156 valence electrons. The number of carbonyl (C=O) groups excluding carboxylic acids is 1. The zero-order valence-corrected chi connectivity index (χ0v) is 18.2. The van der Waals surface area contributed by atoms with Gasteiger partial charge in [-0.25, -0.2) is 4.98 Å². The van der Waals surface area contributed by atoms with E-state index in [0.29, 0.717) is 22.9 Å². The summed E-state index contributed by atoms with van der Waals surface area (Å²) in [4.78, 5) is 21.8. The van der Waals surface area contributed by atoms with Crippen LogP contribution in [0.1, 0.15) is 45.1 Å². The number of methoxy groups -OCH3 is 1. The van der Waals surface area contributed by atoms with Crippen LogP contribution in [0.2, 0.25) is 0 Å². The van der Waals surface area contributed by atoms with E-state index in [9.17, 15) is 4.79 Å². The monoisotopic (exact) mass is 430 g/mol. The van der Waals surface area contributed by atoms with Crippen molar-refractivity contribution in [1.29, 1.82) is 0 Å². The van der Waals surface area contributed by atoms with E-state index in [1.54, 1.807) is 29.6 Å². The molecule has 0 bridgehead atoms. The standard InChI is InChI=1S/C24H22N4O2S/c1-15-4-3-5-16(10-15)14-31-24-26-23-25-13-20-21(28(23)27-24)11-18(12-22(20)29)17-6-8-19(30-2)9-7-17/h3-10,13,18H,11-12,14H2,1-2H3. The van der Waals surface area contributed by atoms with Crippen LogP contribution in [0.25, 0.3) is 5.78 Å². The minimum Gasteiger partial charge on any atom is -0.497 e. The molecule has 1 unspecified atom stereocenters. The Morgan fingerprint density at radius 2 is 2.00 bits per heavy atom. The molecule has 1 aliphatic carbocycles. The number of aromatic nitrogens is 4.